The van der Waals surface area contributed by atoms with Gasteiger partial charge in [-0.3, -0.25) is 4.79 Å². The van der Waals surface area contributed by atoms with E-state index in [1.807, 2.05) is 24.3 Å². The van der Waals surface area contributed by atoms with Crippen molar-refractivity contribution in [2.24, 2.45) is 5.92 Å². The minimum atomic E-state index is -4.64. The van der Waals surface area contributed by atoms with Crippen LogP contribution < -0.4 is 10.0 Å². The van der Waals surface area contributed by atoms with Crippen molar-refractivity contribution < 1.29 is 26.4 Å². The number of nitrogens with one attached hydrogen (secondary N) is 2. The Morgan fingerprint density at radius 1 is 1.14 bits per heavy atom. The Kier molecular flexibility index (Phi) is 5.83. The maximum Gasteiger partial charge on any atom is 0.402 e. The highest BCUT2D eigenvalue weighted by atomic mass is 79.9. The van der Waals surface area contributed by atoms with E-state index in [0.717, 1.165) is 28.6 Å². The highest BCUT2D eigenvalue weighted by Gasteiger charge is 2.44. The van der Waals surface area contributed by atoms with Crippen molar-refractivity contribution in [1.82, 2.24) is 4.72 Å². The Morgan fingerprint density at radius 3 is 2.43 bits per heavy atom. The van der Waals surface area contributed by atoms with Crippen LogP contribution in [0.25, 0.3) is 0 Å². The molecule has 150 valence electrons. The van der Waals surface area contributed by atoms with Crippen molar-refractivity contribution in [2.75, 3.05) is 11.9 Å². The van der Waals surface area contributed by atoms with Gasteiger partial charge >= 0.3 is 6.18 Å². The average molecular weight is 477 g/mol. The first-order valence-electron chi connectivity index (χ1n) is 8.28. The van der Waals surface area contributed by atoms with Crippen molar-refractivity contribution >= 4 is 37.5 Å². The lowest BCUT2D eigenvalue weighted by Gasteiger charge is -2.10. The molecule has 28 heavy (non-hydrogen) atoms. The molecule has 0 radical (unpaired) electrons. The Hall–Kier alpha value is -1.91. The molecule has 0 bridgehead atoms. The van der Waals surface area contributed by atoms with Crippen molar-refractivity contribution in [3.8, 4) is 0 Å². The van der Waals surface area contributed by atoms with Crippen LogP contribution in [0.3, 0.4) is 0 Å². The molecule has 1 aliphatic carbocycles. The summed E-state index contributed by atoms with van der Waals surface area (Å²) in [4.78, 5) is 12.0. The summed E-state index contributed by atoms with van der Waals surface area (Å²) in [7, 11) is -4.28. The van der Waals surface area contributed by atoms with Crippen molar-refractivity contribution in [1.29, 1.82) is 0 Å². The number of rotatable bonds is 6. The monoisotopic (exact) mass is 476 g/mol. The van der Waals surface area contributed by atoms with Gasteiger partial charge in [-0.05, 0) is 54.3 Å². The molecular formula is C18H16BrF3N2O3S. The van der Waals surface area contributed by atoms with E-state index < -0.39 is 22.7 Å². The molecule has 2 N–H and O–H groups in total. The summed E-state index contributed by atoms with van der Waals surface area (Å²) in [6, 6.07) is 12.7. The molecule has 3 rings (SSSR count). The Bertz CT molecular complexity index is 978. The largest absolute Gasteiger partial charge is 0.402 e. The summed E-state index contributed by atoms with van der Waals surface area (Å²) in [6.45, 7) is -1.65. The standard InChI is InChI=1S/C18H16BrF3N2O3S/c19-12-3-1-2-11(8-12)15-9-16(15)17(25)24-13-4-6-14(7-5-13)28(26,27)23-10-18(20,21)22/h1-8,15-16,23H,9-10H2,(H,24,25). The number of amides is 1. The second kappa shape index (κ2) is 7.84. The predicted octanol–water partition coefficient (Wildman–Crippen LogP) is 4.03. The molecule has 0 aliphatic heterocycles. The number of carbonyl (C=O) groups is 1. The van der Waals surface area contributed by atoms with Crippen LogP contribution in [-0.4, -0.2) is 27.0 Å². The highest BCUT2D eigenvalue weighted by Crippen LogP contribution is 2.48. The summed E-state index contributed by atoms with van der Waals surface area (Å²) >= 11 is 3.40. The number of benzene rings is 2. The Morgan fingerprint density at radius 2 is 1.82 bits per heavy atom. The SMILES string of the molecule is O=C(Nc1ccc(S(=O)(=O)NCC(F)(F)F)cc1)C1CC1c1cccc(Br)c1. The molecule has 2 atom stereocenters. The zero-order valence-corrected chi connectivity index (χ0v) is 16.7. The van der Waals surface area contributed by atoms with E-state index in [1.54, 1.807) is 0 Å². The van der Waals surface area contributed by atoms with Gasteiger partial charge in [0.05, 0.1) is 4.90 Å². The average Bonchev–Trinajstić information content (AvgIpc) is 3.41. The molecule has 1 saturated carbocycles. The second-order valence-corrected chi connectivity index (χ2v) is 9.14. The van der Waals surface area contributed by atoms with Gasteiger partial charge in [0.25, 0.3) is 0 Å². The summed E-state index contributed by atoms with van der Waals surface area (Å²) < 4.78 is 62.7. The van der Waals surface area contributed by atoms with E-state index in [0.29, 0.717) is 5.69 Å². The van der Waals surface area contributed by atoms with E-state index in [9.17, 15) is 26.4 Å². The predicted molar refractivity (Wildman–Crippen MR) is 101 cm³/mol. The zero-order chi connectivity index (χ0) is 20.5. The van der Waals surface area contributed by atoms with Crippen LogP contribution in [0, 0.1) is 5.92 Å². The molecule has 2 unspecified atom stereocenters. The van der Waals surface area contributed by atoms with Gasteiger partial charge < -0.3 is 5.32 Å². The quantitative estimate of drug-likeness (QED) is 0.660. The molecule has 2 aromatic rings. The Balaban J connectivity index is 1.59. The topological polar surface area (TPSA) is 75.3 Å². The second-order valence-electron chi connectivity index (χ2n) is 6.46. The molecule has 1 fully saturated rings. The third-order valence-electron chi connectivity index (χ3n) is 4.30. The van der Waals surface area contributed by atoms with E-state index >= 15 is 0 Å². The smallest absolute Gasteiger partial charge is 0.326 e. The summed E-state index contributed by atoms with van der Waals surface area (Å²) in [5.41, 5.74) is 1.44. The van der Waals surface area contributed by atoms with Crippen molar-refractivity contribution in [3.05, 3.63) is 58.6 Å². The maximum absolute atomic E-state index is 12.4. The number of halogens is 4. The maximum atomic E-state index is 12.4. The van der Waals surface area contributed by atoms with E-state index in [-0.39, 0.29) is 22.6 Å². The lowest BCUT2D eigenvalue weighted by Crippen LogP contribution is -2.33. The van der Waals surface area contributed by atoms with Crippen LogP contribution in [0.5, 0.6) is 0 Å². The Labute approximate surface area is 168 Å². The molecule has 0 saturated heterocycles. The van der Waals surface area contributed by atoms with Crippen molar-refractivity contribution in [2.45, 2.75) is 23.4 Å². The normalized spacial score (nSPS) is 19.3. The fourth-order valence-corrected chi connectivity index (χ4v) is 4.23. The van der Waals surface area contributed by atoms with Crippen LogP contribution in [0.2, 0.25) is 0 Å². The number of alkyl halides is 3. The van der Waals surface area contributed by atoms with Crippen LogP contribution in [0.4, 0.5) is 18.9 Å². The molecule has 1 aliphatic rings. The highest BCUT2D eigenvalue weighted by molar-refractivity contribution is 9.10. The van der Waals surface area contributed by atoms with E-state index in [4.69, 9.17) is 0 Å². The third kappa shape index (κ3) is 5.33. The molecular weight excluding hydrogens is 461 g/mol. The first-order valence-corrected chi connectivity index (χ1v) is 10.6. The van der Waals surface area contributed by atoms with Gasteiger partial charge in [0.1, 0.15) is 6.54 Å². The molecule has 1 amide bonds. The van der Waals surface area contributed by atoms with Crippen molar-refractivity contribution in [3.63, 3.8) is 0 Å². The van der Waals surface area contributed by atoms with Crippen LogP contribution in [-0.2, 0) is 14.8 Å². The number of hydrogen-bond donors (Lipinski definition) is 2. The number of carbonyl (C=O) groups excluding carboxylic acids is 1. The molecule has 0 heterocycles. The summed E-state index contributed by atoms with van der Waals surface area (Å²) in [5.74, 6) is -0.231. The molecule has 2 aromatic carbocycles. The van der Waals surface area contributed by atoms with Crippen LogP contribution >= 0.6 is 15.9 Å². The van der Waals surface area contributed by atoms with Gasteiger partial charge in [-0.1, -0.05) is 28.1 Å². The van der Waals surface area contributed by atoms with Gasteiger partial charge in [0.2, 0.25) is 15.9 Å². The third-order valence-corrected chi connectivity index (χ3v) is 6.21. The number of hydrogen-bond acceptors (Lipinski definition) is 3. The molecule has 5 nitrogen and oxygen atoms in total. The number of anilines is 1. The molecule has 10 heteroatoms. The lowest BCUT2D eigenvalue weighted by molar-refractivity contribution is -0.121. The van der Waals surface area contributed by atoms with Gasteiger partial charge in [-0.2, -0.15) is 13.2 Å². The lowest BCUT2D eigenvalue weighted by atomic mass is 10.1. The van der Waals surface area contributed by atoms with Gasteiger partial charge in [0.15, 0.2) is 0 Å². The first-order chi connectivity index (χ1) is 13.0. The van der Waals surface area contributed by atoms with Crippen LogP contribution in [0.1, 0.15) is 17.9 Å². The fourth-order valence-electron chi connectivity index (χ4n) is 2.80. The van der Waals surface area contributed by atoms with E-state index in [2.05, 4.69) is 21.2 Å². The first kappa shape index (κ1) is 20.8. The summed E-state index contributed by atoms with van der Waals surface area (Å²) in [6.07, 6.45) is -3.92. The van der Waals surface area contributed by atoms with Crippen LogP contribution in [0.15, 0.2) is 57.9 Å². The van der Waals surface area contributed by atoms with E-state index in [1.165, 1.54) is 16.9 Å². The zero-order valence-electron chi connectivity index (χ0n) is 14.3. The minimum Gasteiger partial charge on any atom is -0.326 e. The van der Waals surface area contributed by atoms with Gasteiger partial charge in [-0.25, -0.2) is 13.1 Å². The number of sulfonamides is 1. The fraction of sp³-hybridized carbons (Fsp3) is 0.278. The minimum absolute atomic E-state index is 0.128. The molecule has 0 spiro atoms. The van der Waals surface area contributed by atoms with Gasteiger partial charge in [0, 0.05) is 16.1 Å². The summed E-state index contributed by atoms with van der Waals surface area (Å²) in [5, 5.41) is 2.71. The molecule has 0 aromatic heterocycles. The van der Waals surface area contributed by atoms with Gasteiger partial charge in [-0.15, -0.1) is 0 Å².